The highest BCUT2D eigenvalue weighted by Crippen LogP contribution is 1.90. The van der Waals surface area contributed by atoms with Crippen molar-refractivity contribution >= 4 is 0 Å². The fraction of sp³-hybridized carbons (Fsp3) is 1.00. The summed E-state index contributed by atoms with van der Waals surface area (Å²) in [5.74, 6) is 0. The van der Waals surface area contributed by atoms with Gasteiger partial charge >= 0.3 is 0 Å². The van der Waals surface area contributed by atoms with E-state index in [0.717, 1.165) is 0 Å². The molecule has 0 bridgehead atoms. The van der Waals surface area contributed by atoms with Crippen LogP contribution in [0.2, 0.25) is 0 Å². The highest BCUT2D eigenvalue weighted by atomic mass is 16.7. The van der Waals surface area contributed by atoms with Crippen molar-refractivity contribution in [2.75, 3.05) is 20.0 Å². The van der Waals surface area contributed by atoms with E-state index in [1.807, 2.05) is 0 Å². The second-order valence-corrected chi connectivity index (χ2v) is 1.56. The molecule has 3 heteroatoms. The first kappa shape index (κ1) is 5.03. The van der Waals surface area contributed by atoms with E-state index >= 15 is 0 Å². The Balaban J connectivity index is 2.12. The van der Waals surface area contributed by atoms with Gasteiger partial charge in [-0.05, 0) is 0 Å². The smallest absolute Gasteiger partial charge is 0.254 e. The standard InChI is InChI=1S/C4H8O3/c5-4-1-6-3-7-2-4/h4-5H,1-3H2/p+1. The van der Waals surface area contributed by atoms with Gasteiger partial charge in [0.15, 0.2) is 6.61 Å². The molecule has 7 heavy (non-hydrogen) atoms. The van der Waals surface area contributed by atoms with Crippen LogP contribution in [0.25, 0.3) is 0 Å². The minimum atomic E-state index is -0.353. The lowest BCUT2D eigenvalue weighted by Gasteiger charge is -2.13. The molecule has 1 atom stereocenters. The third-order valence-corrected chi connectivity index (χ3v) is 0.833. The number of aliphatic hydroxyl groups is 3. The topological polar surface area (TPSA) is 42.3 Å². The van der Waals surface area contributed by atoms with Crippen LogP contribution in [0.4, 0.5) is 0 Å². The molecule has 0 spiro atoms. The second-order valence-electron chi connectivity index (χ2n) is 1.56. The summed E-state index contributed by atoms with van der Waals surface area (Å²) in [5, 5.41) is 8.69. The van der Waals surface area contributed by atoms with E-state index in [0.29, 0.717) is 20.0 Å². The van der Waals surface area contributed by atoms with Crippen LogP contribution < -0.4 is 0 Å². The predicted octanol–water partition coefficient (Wildman–Crippen LogP) is -1.14. The van der Waals surface area contributed by atoms with Crippen LogP contribution in [0.5, 0.6) is 0 Å². The molecule has 1 heterocycles. The molecule has 1 saturated heterocycles. The van der Waals surface area contributed by atoms with Crippen molar-refractivity contribution in [2.24, 2.45) is 0 Å². The van der Waals surface area contributed by atoms with Crippen molar-refractivity contribution in [3.63, 3.8) is 0 Å². The SMILES string of the molecule is OC1COC[OH+]C1. The number of ether oxygens (including phenoxy) is 2. The zero-order chi connectivity index (χ0) is 5.11. The summed E-state index contributed by atoms with van der Waals surface area (Å²) in [7, 11) is 0. The maximum Gasteiger partial charge on any atom is 0.254 e. The summed E-state index contributed by atoms with van der Waals surface area (Å²) in [5.41, 5.74) is 0. The second kappa shape index (κ2) is 2.26. The lowest BCUT2D eigenvalue weighted by molar-refractivity contribution is -0.234. The zero-order valence-corrected chi connectivity index (χ0v) is 4.00. The van der Waals surface area contributed by atoms with Gasteiger partial charge in [0.1, 0.15) is 6.10 Å². The number of hydrogen-bond donors (Lipinski definition) is 1. The molecular weight excluding hydrogens is 96.0 g/mol. The van der Waals surface area contributed by atoms with Gasteiger partial charge in [-0.1, -0.05) is 0 Å². The Morgan fingerprint density at radius 3 is 2.86 bits per heavy atom. The Bertz CT molecular complexity index is 48.9. The Morgan fingerprint density at radius 2 is 2.57 bits per heavy atom. The minimum absolute atomic E-state index is 0.353. The maximum atomic E-state index is 8.69. The van der Waals surface area contributed by atoms with Crippen LogP contribution in [-0.4, -0.2) is 36.0 Å². The molecule has 0 saturated carbocycles. The van der Waals surface area contributed by atoms with Gasteiger partial charge in [0.2, 0.25) is 0 Å². The highest BCUT2D eigenvalue weighted by molar-refractivity contribution is 4.51. The van der Waals surface area contributed by atoms with Crippen LogP contribution in [-0.2, 0) is 4.74 Å². The molecule has 2 N–H and O–H groups in total. The fourth-order valence-corrected chi connectivity index (χ4v) is 0.508. The minimum Gasteiger partial charge on any atom is -0.410 e. The monoisotopic (exact) mass is 105 g/mol. The molecule has 0 aromatic carbocycles. The Labute approximate surface area is 41.8 Å². The van der Waals surface area contributed by atoms with Gasteiger partial charge in [0.05, 0.1) is 6.61 Å². The fourth-order valence-electron chi connectivity index (χ4n) is 0.508. The van der Waals surface area contributed by atoms with Gasteiger partial charge in [-0.15, -0.1) is 0 Å². The summed E-state index contributed by atoms with van der Waals surface area (Å²) in [6.45, 7) is 1.45. The van der Waals surface area contributed by atoms with Crippen molar-refractivity contribution in [1.82, 2.24) is 0 Å². The first-order valence-corrected chi connectivity index (χ1v) is 2.28. The van der Waals surface area contributed by atoms with Crippen LogP contribution in [0, 0.1) is 0 Å². The molecular formula is C4H9O3+. The molecule has 0 radical (unpaired) electrons. The number of aliphatic hydroxyl groups excluding tert-OH is 1. The lowest BCUT2D eigenvalue weighted by atomic mass is 10.4. The van der Waals surface area contributed by atoms with Gasteiger partial charge in [-0.3, -0.25) is 0 Å². The number of hydrogen-bond acceptors (Lipinski definition) is 2. The van der Waals surface area contributed by atoms with Crippen molar-refractivity contribution in [3.05, 3.63) is 0 Å². The van der Waals surface area contributed by atoms with E-state index in [4.69, 9.17) is 9.84 Å². The third kappa shape index (κ3) is 1.43. The average molecular weight is 105 g/mol. The molecule has 1 rings (SSSR count). The largest absolute Gasteiger partial charge is 0.410 e. The van der Waals surface area contributed by atoms with Crippen LogP contribution in [0.1, 0.15) is 0 Å². The summed E-state index contributed by atoms with van der Waals surface area (Å²) >= 11 is 0. The molecule has 42 valence electrons. The van der Waals surface area contributed by atoms with E-state index in [1.165, 1.54) is 0 Å². The van der Waals surface area contributed by atoms with Crippen molar-refractivity contribution in [2.45, 2.75) is 6.10 Å². The quantitative estimate of drug-likeness (QED) is 0.396. The van der Waals surface area contributed by atoms with Crippen molar-refractivity contribution < 1.29 is 14.6 Å². The number of rotatable bonds is 0. The molecule has 0 amide bonds. The first-order valence-electron chi connectivity index (χ1n) is 2.28. The summed E-state index contributed by atoms with van der Waals surface area (Å²) in [6.07, 6.45) is -0.353. The molecule has 1 aliphatic heterocycles. The molecule has 0 aromatic heterocycles. The van der Waals surface area contributed by atoms with Gasteiger partial charge in [-0.2, -0.15) is 0 Å². The molecule has 0 aromatic rings. The van der Waals surface area contributed by atoms with Gasteiger partial charge in [0.25, 0.3) is 6.79 Å². The van der Waals surface area contributed by atoms with Crippen LogP contribution in [0.3, 0.4) is 0 Å². The van der Waals surface area contributed by atoms with E-state index in [-0.39, 0.29) is 6.10 Å². The van der Waals surface area contributed by atoms with Crippen molar-refractivity contribution in [3.8, 4) is 0 Å². The van der Waals surface area contributed by atoms with E-state index < -0.39 is 0 Å². The van der Waals surface area contributed by atoms with Gasteiger partial charge in [-0.25, -0.2) is 0 Å². The lowest BCUT2D eigenvalue weighted by Crippen LogP contribution is -2.30. The summed E-state index contributed by atoms with van der Waals surface area (Å²) in [6, 6.07) is 0. The van der Waals surface area contributed by atoms with E-state index in [2.05, 4.69) is 4.74 Å². The Morgan fingerprint density at radius 1 is 1.71 bits per heavy atom. The van der Waals surface area contributed by atoms with Crippen molar-refractivity contribution in [1.29, 1.82) is 0 Å². The molecule has 0 aliphatic carbocycles. The normalized spacial score (nSPS) is 33.0. The van der Waals surface area contributed by atoms with Gasteiger partial charge in [0, 0.05) is 0 Å². The summed E-state index contributed by atoms with van der Waals surface area (Å²) in [4.78, 5) is 0. The zero-order valence-electron chi connectivity index (χ0n) is 4.00. The Kier molecular flexibility index (Phi) is 1.62. The van der Waals surface area contributed by atoms with Crippen LogP contribution >= 0.6 is 0 Å². The molecule has 3 nitrogen and oxygen atoms in total. The molecule has 1 fully saturated rings. The third-order valence-electron chi connectivity index (χ3n) is 0.833. The predicted molar refractivity (Wildman–Crippen MR) is 23.9 cm³/mol. The average Bonchev–Trinajstić information content (AvgIpc) is 1.69. The highest BCUT2D eigenvalue weighted by Gasteiger charge is 2.12. The van der Waals surface area contributed by atoms with Crippen LogP contribution in [0.15, 0.2) is 0 Å². The Hall–Kier alpha value is -0.120. The van der Waals surface area contributed by atoms with E-state index in [9.17, 15) is 0 Å². The van der Waals surface area contributed by atoms with E-state index in [1.54, 1.807) is 0 Å². The summed E-state index contributed by atoms with van der Waals surface area (Å²) < 4.78 is 8.55. The molecule has 1 aliphatic rings. The first-order chi connectivity index (χ1) is 3.39. The maximum absolute atomic E-state index is 8.69. The van der Waals surface area contributed by atoms with Gasteiger partial charge < -0.3 is 14.6 Å². The molecule has 1 unspecified atom stereocenters.